The largest absolute Gasteiger partial charge is 0.481 e. The van der Waals surface area contributed by atoms with E-state index in [9.17, 15) is 71.2 Å². The molecule has 0 unspecified atom stereocenters. The number of fused-ring (bicyclic) bond motifs is 7. The quantitative estimate of drug-likeness (QED) is 0.0805. The van der Waals surface area contributed by atoms with Gasteiger partial charge in [-0.15, -0.1) is 0 Å². The summed E-state index contributed by atoms with van der Waals surface area (Å²) >= 11 is 0. The van der Waals surface area contributed by atoms with Gasteiger partial charge < -0.3 is 104 Å². The minimum atomic E-state index is -1.74. The van der Waals surface area contributed by atoms with Gasteiger partial charge in [-0.25, -0.2) is 0 Å². The normalized spacial score (nSPS) is 54.8. The van der Waals surface area contributed by atoms with Crippen LogP contribution in [0.15, 0.2) is 11.6 Å². The zero-order chi connectivity index (χ0) is 54.2. The molecule has 9 rings (SSSR count). The average molecular weight is 1060 g/mol. The summed E-state index contributed by atoms with van der Waals surface area (Å²) in [5, 5.41) is 143. The maximum Gasteiger partial charge on any atom is 0.313 e. The summed E-state index contributed by atoms with van der Waals surface area (Å²) in [6, 6.07) is 0. The number of carbonyl (C=O) groups is 1. The SMILES string of the molecule is C[C@@H]1O[C@H](OC[C@H]2O[C@H](OC[C@H]3O[C@H](O[C@@H]4[C@@H](O)[C@H](O)[C@@H](O[C@@H]5CC[C@@]6(C)[C@H](CC[C@]7(C)[C@@H]6CC=C6[C@H]8CC(C)(C)CC[C@@]8(C(=O)O)[C@H](O)[C@H](O)[C@@]67C)C5(C)C)O[C@H]4CO)[C@@H](O)[C@@H]3O)[C@@H](O)[C@@H]2O)[C@@H](O)[C@H](O)[C@H]1O. The number of aliphatic hydroxyl groups is 12. The van der Waals surface area contributed by atoms with Gasteiger partial charge in [-0.2, -0.15) is 0 Å². The molecule has 22 heteroatoms. The Bertz CT molecular complexity index is 2060. The molecule has 0 radical (unpaired) electrons. The van der Waals surface area contributed by atoms with Crippen molar-refractivity contribution in [3.63, 3.8) is 0 Å². The van der Waals surface area contributed by atoms with Gasteiger partial charge in [0.2, 0.25) is 0 Å². The molecular weight excluding hydrogens is 977 g/mol. The van der Waals surface area contributed by atoms with Crippen LogP contribution in [0.25, 0.3) is 0 Å². The van der Waals surface area contributed by atoms with Crippen LogP contribution in [0.2, 0.25) is 0 Å². The maximum absolute atomic E-state index is 13.2. The van der Waals surface area contributed by atoms with Crippen LogP contribution in [0.5, 0.6) is 0 Å². The van der Waals surface area contributed by atoms with Crippen LogP contribution in [0.4, 0.5) is 0 Å². The van der Waals surface area contributed by atoms with Crippen LogP contribution >= 0.6 is 0 Å². The van der Waals surface area contributed by atoms with E-state index >= 15 is 0 Å². The van der Waals surface area contributed by atoms with Crippen molar-refractivity contribution in [3.05, 3.63) is 11.6 Å². The smallest absolute Gasteiger partial charge is 0.313 e. The molecule has 0 aromatic rings. The van der Waals surface area contributed by atoms with Crippen LogP contribution in [0.3, 0.4) is 0 Å². The molecular formula is C52H84O22. The predicted molar refractivity (Wildman–Crippen MR) is 253 cm³/mol. The molecule has 4 heterocycles. The summed E-state index contributed by atoms with van der Waals surface area (Å²) in [6.07, 6.45) is -22.8. The molecule has 0 aromatic carbocycles. The Hall–Kier alpha value is -1.59. The first-order chi connectivity index (χ1) is 34.5. The van der Waals surface area contributed by atoms with Crippen LogP contribution in [-0.2, 0) is 42.7 Å². The molecule has 28 atom stereocenters. The molecule has 22 nitrogen and oxygen atoms in total. The Balaban J connectivity index is 0.820. The lowest BCUT2D eigenvalue weighted by Crippen LogP contribution is -2.72. The zero-order valence-electron chi connectivity index (χ0n) is 43.7. The summed E-state index contributed by atoms with van der Waals surface area (Å²) in [6.45, 7) is 14.9. The highest BCUT2D eigenvalue weighted by molar-refractivity contribution is 5.78. The van der Waals surface area contributed by atoms with Crippen LogP contribution in [-0.4, -0.2) is 221 Å². The second kappa shape index (κ2) is 20.2. The van der Waals surface area contributed by atoms with Gasteiger partial charge in [0.25, 0.3) is 0 Å². The van der Waals surface area contributed by atoms with E-state index in [0.717, 1.165) is 12.0 Å². The van der Waals surface area contributed by atoms with E-state index in [2.05, 4.69) is 54.5 Å². The third kappa shape index (κ3) is 8.79. The number of ether oxygens (including phenoxy) is 8. The third-order valence-electron chi connectivity index (χ3n) is 20.8. The van der Waals surface area contributed by atoms with Gasteiger partial charge in [0.1, 0.15) is 84.8 Å². The summed E-state index contributed by atoms with van der Waals surface area (Å²) in [7, 11) is 0. The molecule has 0 aromatic heterocycles. The van der Waals surface area contributed by atoms with E-state index in [-0.39, 0.29) is 29.1 Å². The molecule has 424 valence electrons. The number of hydrogen-bond acceptors (Lipinski definition) is 21. The number of rotatable bonds is 12. The first-order valence-corrected chi connectivity index (χ1v) is 26.7. The summed E-state index contributed by atoms with van der Waals surface area (Å²) in [5.41, 5.74) is -2.86. The number of allylic oxidation sites excluding steroid dienone is 1. The van der Waals surface area contributed by atoms with Gasteiger partial charge in [0.15, 0.2) is 25.2 Å². The summed E-state index contributed by atoms with van der Waals surface area (Å²) in [5.74, 6) is -1.36. The fourth-order valence-electron chi connectivity index (χ4n) is 16.1. The molecule has 4 saturated carbocycles. The Kier molecular flexibility index (Phi) is 15.6. The fraction of sp³-hybridized carbons (Fsp3) is 0.942. The van der Waals surface area contributed by atoms with Crippen molar-refractivity contribution < 1.29 is 109 Å². The van der Waals surface area contributed by atoms with Gasteiger partial charge >= 0.3 is 5.97 Å². The highest BCUT2D eigenvalue weighted by Gasteiger charge is 2.74. The van der Waals surface area contributed by atoms with Crippen LogP contribution in [0, 0.1) is 50.2 Å². The highest BCUT2D eigenvalue weighted by atomic mass is 16.8. The van der Waals surface area contributed by atoms with Gasteiger partial charge in [0.05, 0.1) is 44.2 Å². The third-order valence-corrected chi connectivity index (χ3v) is 20.8. The van der Waals surface area contributed by atoms with E-state index in [1.807, 2.05) is 0 Å². The standard InChI is InChI=1S/C52H84O22/c1-21-30(54)33(57)37(61)42(69-21)67-19-25-31(55)35(59)43(71-25)68-20-26-32(56)36(60)45(72-26)74-39-24(18-53)70-44(38(62)34(39)58)73-29-12-13-49(6)27(48(29,4)5)11-14-50(7)28(49)10-9-22-23-17-47(2,3)15-16-52(23,46(65)66)41(64)40(63)51(22,50)8/h9,21,23-45,53-64H,10-20H2,1-8H3,(H,65,66)/t21-,23+,24-,25+,26+,27+,28+,29+,30-,31+,32+,33+,34-,35-,36-,37-,38-,39-,40-,41+,42-,43-,44+,45+,49-,50+,51+,52-/m0/s1. The van der Waals surface area contributed by atoms with Gasteiger partial charge in [-0.1, -0.05) is 60.1 Å². The van der Waals surface area contributed by atoms with E-state index in [4.69, 9.17) is 37.9 Å². The van der Waals surface area contributed by atoms with Crippen molar-refractivity contribution in [1.82, 2.24) is 0 Å². The minimum Gasteiger partial charge on any atom is -0.481 e. The molecule has 0 amide bonds. The Labute approximate surface area is 431 Å². The van der Waals surface area contributed by atoms with Crippen molar-refractivity contribution in [1.29, 1.82) is 0 Å². The number of aliphatic hydroxyl groups excluding tert-OH is 12. The second-order valence-corrected chi connectivity index (χ2v) is 25.5. The molecule has 0 bridgehead atoms. The Morgan fingerprint density at radius 2 is 1.16 bits per heavy atom. The molecule has 8 fully saturated rings. The molecule has 13 N–H and O–H groups in total. The van der Waals surface area contributed by atoms with Crippen molar-refractivity contribution in [2.45, 2.75) is 236 Å². The monoisotopic (exact) mass is 1060 g/mol. The molecule has 4 aliphatic heterocycles. The molecule has 0 spiro atoms. The number of hydrogen-bond donors (Lipinski definition) is 13. The van der Waals surface area contributed by atoms with E-state index in [1.165, 1.54) is 6.92 Å². The summed E-state index contributed by atoms with van der Waals surface area (Å²) in [4.78, 5) is 13.2. The number of aliphatic carboxylic acids is 1. The molecule has 5 aliphatic carbocycles. The maximum atomic E-state index is 13.2. The van der Waals surface area contributed by atoms with Gasteiger partial charge in [0, 0.05) is 5.41 Å². The Morgan fingerprint density at radius 3 is 1.78 bits per heavy atom. The zero-order valence-corrected chi connectivity index (χ0v) is 43.7. The fourth-order valence-corrected chi connectivity index (χ4v) is 16.1. The van der Waals surface area contributed by atoms with Crippen molar-refractivity contribution in [2.24, 2.45) is 50.2 Å². The van der Waals surface area contributed by atoms with E-state index < -0.39 is 182 Å². The van der Waals surface area contributed by atoms with E-state index in [0.29, 0.717) is 38.5 Å². The van der Waals surface area contributed by atoms with Crippen LogP contribution < -0.4 is 0 Å². The molecule has 9 aliphatic rings. The Morgan fingerprint density at radius 1 is 0.608 bits per heavy atom. The summed E-state index contributed by atoms with van der Waals surface area (Å²) < 4.78 is 46.6. The number of carboxylic acid groups (broad SMARTS) is 1. The number of carboxylic acids is 1. The molecule has 74 heavy (non-hydrogen) atoms. The lowest BCUT2D eigenvalue weighted by atomic mass is 9.32. The lowest BCUT2D eigenvalue weighted by Gasteiger charge is -2.72. The topological polar surface area (TPSA) is 354 Å². The average Bonchev–Trinajstić information content (AvgIpc) is 3.77. The predicted octanol–water partition coefficient (Wildman–Crippen LogP) is -1.22. The van der Waals surface area contributed by atoms with Gasteiger partial charge in [-0.05, 0) is 97.7 Å². The van der Waals surface area contributed by atoms with Crippen LogP contribution in [0.1, 0.15) is 107 Å². The molecule has 4 saturated heterocycles. The first kappa shape index (κ1) is 57.1. The lowest BCUT2D eigenvalue weighted by molar-refractivity contribution is -0.349. The first-order valence-electron chi connectivity index (χ1n) is 26.7. The van der Waals surface area contributed by atoms with Crippen molar-refractivity contribution in [3.8, 4) is 0 Å². The second-order valence-electron chi connectivity index (χ2n) is 25.5. The highest BCUT2D eigenvalue weighted by Crippen LogP contribution is 2.76. The van der Waals surface area contributed by atoms with Crippen molar-refractivity contribution in [2.75, 3.05) is 19.8 Å². The van der Waals surface area contributed by atoms with E-state index in [1.54, 1.807) is 0 Å². The van der Waals surface area contributed by atoms with Gasteiger partial charge in [-0.3, -0.25) is 4.79 Å². The van der Waals surface area contributed by atoms with Crippen molar-refractivity contribution >= 4 is 5.97 Å². The minimum absolute atomic E-state index is 0.0526.